The fraction of sp³-hybridized carbons (Fsp3) is 0.400. The molecule has 7 nitrogen and oxygen atoms in total. The fourth-order valence-corrected chi connectivity index (χ4v) is 5.68. The first-order chi connectivity index (χ1) is 18.0. The summed E-state index contributed by atoms with van der Waals surface area (Å²) in [6.45, 7) is 4.00. The van der Waals surface area contributed by atoms with E-state index in [9.17, 15) is 10.1 Å². The number of hydrogen-bond donors (Lipinski definition) is 0. The third kappa shape index (κ3) is 4.70. The van der Waals surface area contributed by atoms with Crippen LogP contribution in [0, 0.1) is 18.3 Å². The molecule has 0 aliphatic heterocycles. The molecule has 1 saturated carbocycles. The van der Waals surface area contributed by atoms with Crippen LogP contribution in [0.15, 0.2) is 53.3 Å². The monoisotopic (exact) mass is 495 g/mol. The first-order valence-electron chi connectivity index (χ1n) is 13.2. The Morgan fingerprint density at radius 2 is 1.86 bits per heavy atom. The molecule has 0 amide bonds. The minimum Gasteiger partial charge on any atom is -0.379 e. The van der Waals surface area contributed by atoms with Gasteiger partial charge >= 0.3 is 0 Å². The van der Waals surface area contributed by atoms with Gasteiger partial charge in [-0.15, -0.1) is 0 Å². The third-order valence-electron chi connectivity index (χ3n) is 7.47. The van der Waals surface area contributed by atoms with Crippen LogP contribution in [-0.4, -0.2) is 32.4 Å². The molecule has 2 aromatic heterocycles. The molecular formula is C30H33N5O2. The van der Waals surface area contributed by atoms with Crippen molar-refractivity contribution in [3.63, 3.8) is 0 Å². The number of benzene rings is 2. The first-order valence-corrected chi connectivity index (χ1v) is 13.2. The number of ether oxygens (including phenoxy) is 1. The Morgan fingerprint density at radius 3 is 2.59 bits per heavy atom. The van der Waals surface area contributed by atoms with E-state index in [2.05, 4.69) is 25.1 Å². The van der Waals surface area contributed by atoms with Crippen LogP contribution in [0.1, 0.15) is 73.3 Å². The molecular weight excluding hydrogens is 462 g/mol. The van der Waals surface area contributed by atoms with Gasteiger partial charge in [0.15, 0.2) is 0 Å². The molecule has 0 spiro atoms. The van der Waals surface area contributed by atoms with Crippen molar-refractivity contribution in [2.24, 2.45) is 0 Å². The average Bonchev–Trinajstić information content (AvgIpc) is 3.32. The minimum atomic E-state index is -0.0587. The minimum absolute atomic E-state index is 0.0104. The number of nitriles is 1. The van der Waals surface area contributed by atoms with Crippen LogP contribution in [0.2, 0.25) is 0 Å². The van der Waals surface area contributed by atoms with E-state index in [4.69, 9.17) is 14.8 Å². The highest BCUT2D eigenvalue weighted by Gasteiger charge is 2.31. The summed E-state index contributed by atoms with van der Waals surface area (Å²) in [5.74, 6) is 1.28. The number of rotatable bonds is 7. The first kappa shape index (κ1) is 24.9. The summed E-state index contributed by atoms with van der Waals surface area (Å²) in [5, 5.41) is 14.2. The SMILES string of the molecule is CCCc1c(Cc2ccc(-c3ccccc3C#N)cc2)c(=O)n(C2CCCCC2OC)c2nc(C)nn12. The van der Waals surface area contributed by atoms with Gasteiger partial charge < -0.3 is 4.74 Å². The smallest absolute Gasteiger partial charge is 0.259 e. The lowest BCUT2D eigenvalue weighted by atomic mass is 9.91. The van der Waals surface area contributed by atoms with E-state index in [1.54, 1.807) is 7.11 Å². The van der Waals surface area contributed by atoms with Crippen molar-refractivity contribution in [3.8, 4) is 17.2 Å². The average molecular weight is 496 g/mol. The van der Waals surface area contributed by atoms with Crippen molar-refractivity contribution >= 4 is 5.78 Å². The Kier molecular flexibility index (Phi) is 7.20. The summed E-state index contributed by atoms with van der Waals surface area (Å²) in [6.07, 6.45) is 6.13. The fourth-order valence-electron chi connectivity index (χ4n) is 5.68. The number of methoxy groups -OCH3 is 1. The Bertz CT molecular complexity index is 1510. The quantitative estimate of drug-likeness (QED) is 0.342. The van der Waals surface area contributed by atoms with Gasteiger partial charge in [0.05, 0.1) is 29.5 Å². The summed E-state index contributed by atoms with van der Waals surface area (Å²) in [5.41, 5.74) is 5.30. The molecule has 37 heavy (non-hydrogen) atoms. The zero-order valence-corrected chi connectivity index (χ0v) is 21.8. The van der Waals surface area contributed by atoms with Crippen LogP contribution in [0.4, 0.5) is 0 Å². The van der Waals surface area contributed by atoms with Gasteiger partial charge in [0.2, 0.25) is 5.78 Å². The second-order valence-electron chi connectivity index (χ2n) is 9.88. The van der Waals surface area contributed by atoms with Crippen LogP contribution in [-0.2, 0) is 17.6 Å². The van der Waals surface area contributed by atoms with Crippen molar-refractivity contribution in [3.05, 3.63) is 87.1 Å². The van der Waals surface area contributed by atoms with Gasteiger partial charge in [-0.1, -0.05) is 68.7 Å². The number of hydrogen-bond acceptors (Lipinski definition) is 5. The van der Waals surface area contributed by atoms with E-state index in [1.807, 2.05) is 52.4 Å². The second-order valence-corrected chi connectivity index (χ2v) is 9.88. The Hall–Kier alpha value is -3.76. The van der Waals surface area contributed by atoms with E-state index >= 15 is 0 Å². The molecule has 4 aromatic rings. The molecule has 190 valence electrons. The summed E-state index contributed by atoms with van der Waals surface area (Å²) in [6, 6.07) is 18.0. The maximum atomic E-state index is 14.2. The summed E-state index contributed by atoms with van der Waals surface area (Å²) in [4.78, 5) is 18.9. The summed E-state index contributed by atoms with van der Waals surface area (Å²) in [7, 11) is 1.73. The van der Waals surface area contributed by atoms with Crippen molar-refractivity contribution in [2.75, 3.05) is 7.11 Å². The Balaban J connectivity index is 1.61. The van der Waals surface area contributed by atoms with Crippen LogP contribution in [0.5, 0.6) is 0 Å². The van der Waals surface area contributed by atoms with Crippen LogP contribution in [0.25, 0.3) is 16.9 Å². The summed E-state index contributed by atoms with van der Waals surface area (Å²) < 4.78 is 9.60. The standard InChI is InChI=1S/C30H33N5O2/c1-4-9-26-25(18-21-14-16-22(17-15-21)24-11-6-5-10-23(24)19-31)29(36)34(30-32-20(2)33-35(26)30)27-12-7-8-13-28(27)37-3/h5-6,10-11,14-17,27-28H,4,7-9,12-13,18H2,1-3H3. The lowest BCUT2D eigenvalue weighted by molar-refractivity contribution is 0.0286. The van der Waals surface area contributed by atoms with Gasteiger partial charge in [0, 0.05) is 19.1 Å². The Labute approximate surface area is 217 Å². The van der Waals surface area contributed by atoms with E-state index in [-0.39, 0.29) is 17.7 Å². The maximum absolute atomic E-state index is 14.2. The molecule has 2 aromatic carbocycles. The molecule has 5 rings (SSSR count). The van der Waals surface area contributed by atoms with Gasteiger partial charge in [-0.3, -0.25) is 9.36 Å². The van der Waals surface area contributed by atoms with Crippen LogP contribution >= 0.6 is 0 Å². The van der Waals surface area contributed by atoms with Crippen molar-refractivity contribution in [1.29, 1.82) is 5.26 Å². The molecule has 7 heteroatoms. The molecule has 2 unspecified atom stereocenters. The van der Waals surface area contributed by atoms with E-state index in [0.717, 1.165) is 66.5 Å². The van der Waals surface area contributed by atoms with Gasteiger partial charge in [0.25, 0.3) is 5.56 Å². The van der Waals surface area contributed by atoms with Crippen LogP contribution < -0.4 is 5.56 Å². The molecule has 2 atom stereocenters. The van der Waals surface area contributed by atoms with Crippen molar-refractivity contribution in [1.82, 2.24) is 19.2 Å². The number of aromatic nitrogens is 4. The zero-order chi connectivity index (χ0) is 25.9. The second kappa shape index (κ2) is 10.7. The molecule has 0 saturated heterocycles. The van der Waals surface area contributed by atoms with E-state index in [1.165, 1.54) is 0 Å². The highest BCUT2D eigenvalue weighted by molar-refractivity contribution is 5.70. The molecule has 0 radical (unpaired) electrons. The highest BCUT2D eigenvalue weighted by Crippen LogP contribution is 2.31. The normalized spacial score (nSPS) is 17.7. The predicted molar refractivity (Wildman–Crippen MR) is 144 cm³/mol. The van der Waals surface area contributed by atoms with Crippen molar-refractivity contribution < 1.29 is 4.74 Å². The van der Waals surface area contributed by atoms with Gasteiger partial charge in [-0.2, -0.15) is 15.3 Å². The molecule has 1 aliphatic carbocycles. The van der Waals surface area contributed by atoms with E-state index < -0.39 is 0 Å². The van der Waals surface area contributed by atoms with Crippen molar-refractivity contribution in [2.45, 2.75) is 70.9 Å². The molecule has 0 bridgehead atoms. The topological polar surface area (TPSA) is 85.2 Å². The zero-order valence-electron chi connectivity index (χ0n) is 21.8. The lowest BCUT2D eigenvalue weighted by Crippen LogP contribution is -2.39. The van der Waals surface area contributed by atoms with Gasteiger partial charge in [0.1, 0.15) is 5.82 Å². The third-order valence-corrected chi connectivity index (χ3v) is 7.47. The maximum Gasteiger partial charge on any atom is 0.259 e. The lowest BCUT2D eigenvalue weighted by Gasteiger charge is -2.32. The predicted octanol–water partition coefficient (Wildman–Crippen LogP) is 5.41. The number of nitrogens with zero attached hydrogens (tertiary/aromatic N) is 5. The number of fused-ring (bicyclic) bond motifs is 1. The van der Waals surface area contributed by atoms with Gasteiger partial charge in [-0.25, -0.2) is 4.52 Å². The highest BCUT2D eigenvalue weighted by atomic mass is 16.5. The number of aryl methyl sites for hydroxylation is 2. The molecule has 2 heterocycles. The van der Waals surface area contributed by atoms with E-state index in [0.29, 0.717) is 23.6 Å². The molecule has 1 aliphatic rings. The largest absolute Gasteiger partial charge is 0.379 e. The van der Waals surface area contributed by atoms with Gasteiger partial charge in [-0.05, 0) is 48.9 Å². The molecule has 0 N–H and O–H groups in total. The molecule has 1 fully saturated rings. The van der Waals surface area contributed by atoms with Crippen LogP contribution in [0.3, 0.4) is 0 Å². The summed E-state index contributed by atoms with van der Waals surface area (Å²) >= 11 is 0. The Morgan fingerprint density at radius 1 is 1.11 bits per heavy atom.